The zero-order valence-corrected chi connectivity index (χ0v) is 5.99. The molecule has 0 radical (unpaired) electrons. The molecule has 0 unspecified atom stereocenters. The molecule has 1 atom stereocenters. The summed E-state index contributed by atoms with van der Waals surface area (Å²) >= 11 is 0. The van der Waals surface area contributed by atoms with Gasteiger partial charge in [0.1, 0.15) is 0 Å². The van der Waals surface area contributed by atoms with E-state index in [1.807, 2.05) is 0 Å². The van der Waals surface area contributed by atoms with E-state index >= 15 is 0 Å². The Balaban J connectivity index is 2.49. The van der Waals surface area contributed by atoms with Gasteiger partial charge in [0.15, 0.2) is 0 Å². The van der Waals surface area contributed by atoms with E-state index in [-0.39, 0.29) is 12.6 Å². The van der Waals surface area contributed by atoms with Crippen LogP contribution in [0.2, 0.25) is 0 Å². The average molecular weight is 163 g/mol. The second-order valence-electron chi connectivity index (χ2n) is 2.52. The number of hydrogen-bond donors (Lipinski definition) is 1. The Bertz CT molecular complexity index is 153. The second kappa shape index (κ2) is 3.52. The van der Waals surface area contributed by atoms with Gasteiger partial charge in [-0.25, -0.2) is 9.74 Å². The molecule has 0 aromatic heterocycles. The molecule has 5 heteroatoms. The molecule has 1 N–H and O–H groups in total. The monoisotopic (exact) mass is 163 g/mol. The number of likely N-dealkylation sites (tertiary alicyclic amines) is 1. The molecule has 0 aromatic carbocycles. The molecular formula is C6H10FNO3. The van der Waals surface area contributed by atoms with E-state index in [2.05, 4.69) is 4.94 Å². The van der Waals surface area contributed by atoms with Crippen molar-refractivity contribution in [3.63, 3.8) is 0 Å². The molecule has 0 saturated carbocycles. The lowest BCUT2D eigenvalue weighted by Gasteiger charge is -2.18. The van der Waals surface area contributed by atoms with Crippen molar-refractivity contribution in [2.24, 2.45) is 0 Å². The Labute approximate surface area is 63.5 Å². The van der Waals surface area contributed by atoms with Crippen molar-refractivity contribution >= 4 is 6.09 Å². The van der Waals surface area contributed by atoms with E-state index in [1.54, 1.807) is 0 Å². The summed E-state index contributed by atoms with van der Waals surface area (Å²) in [5.74, 6) is 0. The van der Waals surface area contributed by atoms with Crippen LogP contribution in [0.5, 0.6) is 0 Å². The molecule has 1 amide bonds. The number of rotatable bonds is 1. The van der Waals surface area contributed by atoms with Crippen molar-refractivity contribution < 1.29 is 19.4 Å². The van der Waals surface area contributed by atoms with Crippen molar-refractivity contribution in [3.8, 4) is 0 Å². The van der Waals surface area contributed by atoms with Crippen molar-refractivity contribution in [1.29, 1.82) is 0 Å². The minimum atomic E-state index is -0.999. The number of amides is 1. The molecule has 0 aromatic rings. The van der Waals surface area contributed by atoms with Crippen molar-refractivity contribution in [2.45, 2.75) is 18.9 Å². The van der Waals surface area contributed by atoms with Crippen molar-refractivity contribution in [1.82, 2.24) is 4.90 Å². The molecule has 1 saturated heterocycles. The fourth-order valence-electron chi connectivity index (χ4n) is 1.31. The van der Waals surface area contributed by atoms with Gasteiger partial charge in [-0.15, -0.1) is 0 Å². The normalized spacial score (nSPS) is 23.8. The minimum absolute atomic E-state index is 0.130. The first-order valence-corrected chi connectivity index (χ1v) is 3.49. The van der Waals surface area contributed by atoms with Gasteiger partial charge in [-0.1, -0.05) is 0 Å². The Hall–Kier alpha value is -0.840. The van der Waals surface area contributed by atoms with Gasteiger partial charge in [0.25, 0.3) is 0 Å². The fourth-order valence-corrected chi connectivity index (χ4v) is 1.31. The van der Waals surface area contributed by atoms with Gasteiger partial charge >= 0.3 is 6.09 Å². The number of carbonyl (C=O) groups excluding carboxylic acids is 1. The topological polar surface area (TPSA) is 49.8 Å². The van der Waals surface area contributed by atoms with Gasteiger partial charge in [0.2, 0.25) is 0 Å². The fraction of sp³-hybridized carbons (Fsp3) is 0.833. The smallest absolute Gasteiger partial charge is 0.394 e. The number of hydrogen-bond acceptors (Lipinski definition) is 3. The summed E-state index contributed by atoms with van der Waals surface area (Å²) in [5.41, 5.74) is 0. The third-order valence-electron chi connectivity index (χ3n) is 1.89. The Morgan fingerprint density at radius 2 is 2.55 bits per heavy atom. The summed E-state index contributed by atoms with van der Waals surface area (Å²) in [5, 5.41) is 8.71. The number of nitrogens with zero attached hydrogens (tertiary/aromatic N) is 1. The Kier molecular flexibility index (Phi) is 2.64. The molecule has 1 aliphatic heterocycles. The summed E-state index contributed by atoms with van der Waals surface area (Å²) < 4.78 is 11.4. The predicted molar refractivity (Wildman–Crippen MR) is 34.4 cm³/mol. The lowest BCUT2D eigenvalue weighted by molar-refractivity contribution is -0.0824. The molecule has 64 valence electrons. The zero-order chi connectivity index (χ0) is 8.27. The molecule has 0 bridgehead atoms. The summed E-state index contributed by atoms with van der Waals surface area (Å²) in [6.07, 6.45) is 0.507. The quantitative estimate of drug-likeness (QED) is 0.611. The third kappa shape index (κ3) is 1.59. The van der Waals surface area contributed by atoms with Crippen LogP contribution in [0.3, 0.4) is 0 Å². The summed E-state index contributed by atoms with van der Waals surface area (Å²) in [6, 6.07) is -0.266. The average Bonchev–Trinajstić information content (AvgIpc) is 2.50. The summed E-state index contributed by atoms with van der Waals surface area (Å²) in [4.78, 5) is 14.8. The summed E-state index contributed by atoms with van der Waals surface area (Å²) in [7, 11) is 0. The highest BCUT2D eigenvalue weighted by atomic mass is 19.3. The van der Waals surface area contributed by atoms with E-state index in [1.165, 1.54) is 4.90 Å². The van der Waals surface area contributed by atoms with Gasteiger partial charge in [0.05, 0.1) is 12.6 Å². The molecule has 1 fully saturated rings. The van der Waals surface area contributed by atoms with Crippen LogP contribution in [0.25, 0.3) is 0 Å². The van der Waals surface area contributed by atoms with Crippen LogP contribution in [0, 0.1) is 0 Å². The molecule has 1 aliphatic rings. The van der Waals surface area contributed by atoms with Crippen LogP contribution in [-0.2, 0) is 4.94 Å². The molecule has 1 rings (SSSR count). The van der Waals surface area contributed by atoms with Crippen molar-refractivity contribution in [2.75, 3.05) is 13.2 Å². The predicted octanol–water partition coefficient (Wildman–Crippen LogP) is 0.464. The number of aliphatic hydroxyl groups excluding tert-OH is 1. The zero-order valence-electron chi connectivity index (χ0n) is 5.99. The first kappa shape index (κ1) is 8.26. The van der Waals surface area contributed by atoms with Gasteiger partial charge < -0.3 is 10.0 Å². The molecular weight excluding hydrogens is 153 g/mol. The molecule has 1 heterocycles. The first-order valence-electron chi connectivity index (χ1n) is 3.49. The maximum Gasteiger partial charge on any atom is 0.447 e. The highest BCUT2D eigenvalue weighted by molar-refractivity contribution is 5.67. The Morgan fingerprint density at radius 1 is 1.82 bits per heavy atom. The number of halogens is 1. The first-order chi connectivity index (χ1) is 5.29. The molecule has 4 nitrogen and oxygen atoms in total. The van der Waals surface area contributed by atoms with Gasteiger partial charge in [-0.05, 0) is 12.8 Å². The van der Waals surface area contributed by atoms with Crippen LogP contribution < -0.4 is 0 Å². The van der Waals surface area contributed by atoms with E-state index in [0.29, 0.717) is 13.0 Å². The van der Waals surface area contributed by atoms with Crippen LogP contribution in [0.15, 0.2) is 0 Å². The maximum absolute atomic E-state index is 11.4. The van der Waals surface area contributed by atoms with Gasteiger partial charge in [-0.3, -0.25) is 0 Å². The SMILES string of the molecule is O=C(OF)N1CCC[C@H]1CO. The largest absolute Gasteiger partial charge is 0.447 e. The van der Waals surface area contributed by atoms with Crippen LogP contribution in [-0.4, -0.2) is 35.3 Å². The maximum atomic E-state index is 11.4. The van der Waals surface area contributed by atoms with E-state index in [0.717, 1.165) is 6.42 Å². The number of aliphatic hydroxyl groups is 1. The standard InChI is InChI=1S/C6H10FNO3/c7-11-6(10)8-3-1-2-5(8)4-9/h5,9H,1-4H2/t5-/m0/s1. The minimum Gasteiger partial charge on any atom is -0.394 e. The molecule has 0 aliphatic carbocycles. The van der Waals surface area contributed by atoms with Gasteiger partial charge in [0, 0.05) is 11.1 Å². The summed E-state index contributed by atoms with van der Waals surface area (Å²) in [6.45, 7) is 0.336. The van der Waals surface area contributed by atoms with E-state index < -0.39 is 6.09 Å². The number of carbonyl (C=O) groups is 1. The third-order valence-corrected chi connectivity index (χ3v) is 1.89. The second-order valence-corrected chi connectivity index (χ2v) is 2.52. The van der Waals surface area contributed by atoms with E-state index in [9.17, 15) is 9.32 Å². The van der Waals surface area contributed by atoms with Crippen LogP contribution in [0.1, 0.15) is 12.8 Å². The van der Waals surface area contributed by atoms with Crippen LogP contribution in [0.4, 0.5) is 9.32 Å². The lowest BCUT2D eigenvalue weighted by Crippen LogP contribution is -2.36. The van der Waals surface area contributed by atoms with Crippen LogP contribution >= 0.6 is 0 Å². The lowest BCUT2D eigenvalue weighted by atomic mass is 10.2. The highest BCUT2D eigenvalue weighted by Crippen LogP contribution is 2.17. The van der Waals surface area contributed by atoms with E-state index in [4.69, 9.17) is 5.11 Å². The highest BCUT2D eigenvalue weighted by Gasteiger charge is 2.29. The van der Waals surface area contributed by atoms with Crippen molar-refractivity contribution in [3.05, 3.63) is 0 Å². The molecule has 11 heavy (non-hydrogen) atoms. The van der Waals surface area contributed by atoms with Gasteiger partial charge in [-0.2, -0.15) is 0 Å². The Morgan fingerprint density at radius 3 is 3.09 bits per heavy atom. The molecule has 0 spiro atoms.